The maximum Gasteiger partial charge on any atom is 0.411 e. The highest BCUT2D eigenvalue weighted by molar-refractivity contribution is 5.94. The Morgan fingerprint density at radius 3 is 2.34 bits per heavy atom. The van der Waals surface area contributed by atoms with Crippen molar-refractivity contribution in [2.75, 3.05) is 19.8 Å². The number of hydrogen-bond acceptors (Lipinski definition) is 4. The molecule has 0 atom stereocenters. The normalized spacial score (nSPS) is 13.8. The molecule has 0 radical (unpaired) electrons. The molecule has 0 aliphatic carbocycles. The lowest BCUT2D eigenvalue weighted by Crippen LogP contribution is -2.41. The van der Waals surface area contributed by atoms with E-state index in [-0.39, 0.29) is 12.5 Å². The number of nitrogens with one attached hydrogen (secondary N) is 1. The largest absolute Gasteiger partial charge is 0.486 e. The van der Waals surface area contributed by atoms with Crippen LogP contribution in [0.1, 0.15) is 35.3 Å². The molecule has 0 fully saturated rings. The topological polar surface area (TPSA) is 56.8 Å². The smallest absolute Gasteiger partial charge is 0.411 e. The van der Waals surface area contributed by atoms with Gasteiger partial charge in [-0.05, 0) is 49.2 Å². The molecular weight excluding hydrogens is 387 g/mol. The molecule has 5 nitrogen and oxygen atoms in total. The van der Waals surface area contributed by atoms with E-state index in [0.717, 1.165) is 5.56 Å². The van der Waals surface area contributed by atoms with E-state index >= 15 is 0 Å². The predicted octanol–water partition coefficient (Wildman–Crippen LogP) is 4.20. The van der Waals surface area contributed by atoms with Crippen LogP contribution in [-0.4, -0.2) is 31.9 Å². The summed E-state index contributed by atoms with van der Waals surface area (Å²) in [5.41, 5.74) is 1.13. The summed E-state index contributed by atoms with van der Waals surface area (Å²) >= 11 is 0. The molecule has 1 aliphatic rings. The second kappa shape index (κ2) is 8.32. The molecule has 2 aromatic rings. The van der Waals surface area contributed by atoms with Crippen molar-refractivity contribution in [3.05, 3.63) is 59.2 Å². The zero-order valence-electron chi connectivity index (χ0n) is 16.1. The number of fused-ring (bicyclic) bond motifs is 1. The number of amides is 1. The molecule has 0 saturated heterocycles. The molecule has 3 rings (SSSR count). The molecule has 0 saturated carbocycles. The van der Waals surface area contributed by atoms with E-state index in [0.29, 0.717) is 35.8 Å². The fraction of sp³-hybridized carbons (Fsp3) is 0.381. The molecule has 2 aromatic carbocycles. The third-order valence-corrected chi connectivity index (χ3v) is 4.44. The first-order valence-corrected chi connectivity index (χ1v) is 9.10. The average molecular weight is 409 g/mol. The number of alkyl halides is 3. The zero-order valence-corrected chi connectivity index (χ0v) is 16.1. The van der Waals surface area contributed by atoms with Crippen LogP contribution < -0.4 is 14.8 Å². The number of ether oxygens (including phenoxy) is 3. The molecule has 29 heavy (non-hydrogen) atoms. The molecule has 0 unspecified atom stereocenters. The summed E-state index contributed by atoms with van der Waals surface area (Å²) in [4.78, 5) is 12.6. The van der Waals surface area contributed by atoms with Crippen LogP contribution in [0.15, 0.2) is 42.5 Å². The fourth-order valence-electron chi connectivity index (χ4n) is 2.90. The number of carbonyl (C=O) groups is 1. The standard InChI is InChI=1S/C21H22F3NO4/c1-20(2,16-7-8-17-18(11-16)29-10-9-28-17)25-19(26)15-5-3-14(4-6-15)12-27-13-21(22,23)24/h3-8,11H,9-10,12-13H2,1-2H3,(H,25,26). The van der Waals surface area contributed by atoms with Crippen molar-refractivity contribution in [3.8, 4) is 11.5 Å². The highest BCUT2D eigenvalue weighted by Crippen LogP contribution is 2.34. The third-order valence-electron chi connectivity index (χ3n) is 4.44. The SMILES string of the molecule is CC(C)(NC(=O)c1ccc(COCC(F)(F)F)cc1)c1ccc2c(c1)OCCO2. The highest BCUT2D eigenvalue weighted by Gasteiger charge is 2.28. The van der Waals surface area contributed by atoms with E-state index in [1.54, 1.807) is 24.3 Å². The van der Waals surface area contributed by atoms with Gasteiger partial charge in [-0.2, -0.15) is 13.2 Å². The Bertz CT molecular complexity index is 863. The summed E-state index contributed by atoms with van der Waals surface area (Å²) in [7, 11) is 0. The van der Waals surface area contributed by atoms with Crippen LogP contribution in [0, 0.1) is 0 Å². The van der Waals surface area contributed by atoms with E-state index < -0.39 is 18.3 Å². The minimum absolute atomic E-state index is 0.176. The molecule has 0 aromatic heterocycles. The number of benzene rings is 2. The minimum atomic E-state index is -4.36. The van der Waals surface area contributed by atoms with Crippen LogP contribution in [0.5, 0.6) is 11.5 Å². The van der Waals surface area contributed by atoms with Gasteiger partial charge < -0.3 is 19.5 Å². The molecule has 1 N–H and O–H groups in total. The molecule has 0 bridgehead atoms. The first-order valence-electron chi connectivity index (χ1n) is 9.10. The van der Waals surface area contributed by atoms with Crippen molar-refractivity contribution in [2.45, 2.75) is 32.2 Å². The maximum absolute atomic E-state index is 12.6. The van der Waals surface area contributed by atoms with Gasteiger partial charge in [0.2, 0.25) is 0 Å². The van der Waals surface area contributed by atoms with Crippen LogP contribution in [0.2, 0.25) is 0 Å². The molecule has 8 heteroatoms. The lowest BCUT2D eigenvalue weighted by Gasteiger charge is -2.28. The highest BCUT2D eigenvalue weighted by atomic mass is 19.4. The number of hydrogen-bond donors (Lipinski definition) is 1. The summed E-state index contributed by atoms with van der Waals surface area (Å²) in [6, 6.07) is 11.8. The molecule has 1 heterocycles. The number of halogens is 3. The number of rotatable bonds is 6. The van der Waals surface area contributed by atoms with E-state index in [1.807, 2.05) is 32.0 Å². The molecular formula is C21H22F3NO4. The third kappa shape index (κ3) is 5.63. The molecule has 1 aliphatic heterocycles. The lowest BCUT2D eigenvalue weighted by molar-refractivity contribution is -0.176. The summed E-state index contributed by atoms with van der Waals surface area (Å²) < 4.78 is 52.1. The van der Waals surface area contributed by atoms with Gasteiger partial charge in [0, 0.05) is 5.56 Å². The zero-order chi connectivity index (χ0) is 21.1. The van der Waals surface area contributed by atoms with Crippen LogP contribution in [0.4, 0.5) is 13.2 Å². The van der Waals surface area contributed by atoms with E-state index in [1.165, 1.54) is 0 Å². The van der Waals surface area contributed by atoms with Crippen molar-refractivity contribution >= 4 is 5.91 Å². The van der Waals surface area contributed by atoms with Crippen molar-refractivity contribution in [3.63, 3.8) is 0 Å². The van der Waals surface area contributed by atoms with Crippen molar-refractivity contribution in [1.82, 2.24) is 5.32 Å². The minimum Gasteiger partial charge on any atom is -0.486 e. The van der Waals surface area contributed by atoms with Crippen LogP contribution in [0.3, 0.4) is 0 Å². The molecule has 1 amide bonds. The Morgan fingerprint density at radius 1 is 1.03 bits per heavy atom. The Hall–Kier alpha value is -2.74. The first-order chi connectivity index (χ1) is 13.6. The van der Waals surface area contributed by atoms with E-state index in [2.05, 4.69) is 10.1 Å². The van der Waals surface area contributed by atoms with Gasteiger partial charge in [0.25, 0.3) is 5.91 Å². The average Bonchev–Trinajstić information content (AvgIpc) is 2.67. The van der Waals surface area contributed by atoms with Crippen molar-refractivity contribution < 1.29 is 32.2 Å². The van der Waals surface area contributed by atoms with Crippen molar-refractivity contribution in [2.24, 2.45) is 0 Å². The summed E-state index contributed by atoms with van der Waals surface area (Å²) in [5, 5.41) is 2.96. The van der Waals surface area contributed by atoms with Gasteiger partial charge in [-0.1, -0.05) is 18.2 Å². The van der Waals surface area contributed by atoms with Gasteiger partial charge in [-0.3, -0.25) is 4.79 Å². The van der Waals surface area contributed by atoms with Gasteiger partial charge in [0.05, 0.1) is 12.1 Å². The van der Waals surface area contributed by atoms with Crippen LogP contribution in [-0.2, 0) is 16.9 Å². The Balaban J connectivity index is 1.63. The summed E-state index contributed by atoms with van der Waals surface area (Å²) in [6.07, 6.45) is -4.36. The van der Waals surface area contributed by atoms with E-state index in [9.17, 15) is 18.0 Å². The Kier molecular flexibility index (Phi) is 6.02. The quantitative estimate of drug-likeness (QED) is 0.777. The van der Waals surface area contributed by atoms with E-state index in [4.69, 9.17) is 9.47 Å². The second-order valence-corrected chi connectivity index (χ2v) is 7.24. The predicted molar refractivity (Wildman–Crippen MR) is 100 cm³/mol. The van der Waals surface area contributed by atoms with Gasteiger partial charge in [0.1, 0.15) is 19.8 Å². The fourth-order valence-corrected chi connectivity index (χ4v) is 2.90. The first kappa shape index (κ1) is 21.0. The van der Waals surface area contributed by atoms with Crippen molar-refractivity contribution in [1.29, 1.82) is 0 Å². The Labute approximate surface area is 166 Å². The van der Waals surface area contributed by atoms with Gasteiger partial charge >= 0.3 is 6.18 Å². The molecule has 156 valence electrons. The monoisotopic (exact) mass is 409 g/mol. The molecule has 0 spiro atoms. The second-order valence-electron chi connectivity index (χ2n) is 7.24. The maximum atomic E-state index is 12.6. The summed E-state index contributed by atoms with van der Waals surface area (Å²) in [5.74, 6) is 1.01. The van der Waals surface area contributed by atoms with Gasteiger partial charge in [-0.25, -0.2) is 0 Å². The summed E-state index contributed by atoms with van der Waals surface area (Å²) in [6.45, 7) is 3.24. The van der Waals surface area contributed by atoms with Crippen LogP contribution in [0.25, 0.3) is 0 Å². The Morgan fingerprint density at radius 2 is 1.69 bits per heavy atom. The lowest BCUT2D eigenvalue weighted by atomic mass is 9.93. The number of carbonyl (C=O) groups excluding carboxylic acids is 1. The van der Waals surface area contributed by atoms with Gasteiger partial charge in [0.15, 0.2) is 11.5 Å². The van der Waals surface area contributed by atoms with Crippen LogP contribution >= 0.6 is 0 Å². The van der Waals surface area contributed by atoms with Gasteiger partial charge in [-0.15, -0.1) is 0 Å².